The number of anilines is 2. The quantitative estimate of drug-likeness (QED) is 0.0526. The van der Waals surface area contributed by atoms with Crippen molar-refractivity contribution in [2.75, 3.05) is 11.5 Å². The summed E-state index contributed by atoms with van der Waals surface area (Å²) in [6.07, 6.45) is 0. The number of hydrogen-bond acceptors (Lipinski definition) is 12. The van der Waals surface area contributed by atoms with Crippen LogP contribution in [-0.2, 0) is 20.2 Å². The van der Waals surface area contributed by atoms with Crippen LogP contribution in [0.5, 0.6) is 11.5 Å². The number of azo groups is 2. The number of nitrogens with two attached hydrogens (primary N) is 2. The Labute approximate surface area is 285 Å². The number of benzene rings is 6. The number of nitrogens with zero attached hydrogens (tertiary/aromatic N) is 4. The second-order valence-electron chi connectivity index (χ2n) is 11.4. The second-order valence-corrected chi connectivity index (χ2v) is 14.1. The van der Waals surface area contributed by atoms with E-state index in [1.165, 1.54) is 36.4 Å². The third kappa shape index (κ3) is 6.30. The van der Waals surface area contributed by atoms with E-state index in [0.29, 0.717) is 11.4 Å². The highest BCUT2D eigenvalue weighted by molar-refractivity contribution is 7.86. The standard InChI is InChI=1S/C34H28N6O8S2/c1-17-13-19(9-11-23(17)37-39-25-15-29(49(43,44)45)21-5-3-7-27(41)31(21)33(25)35)20-10-12-24(18(2)14-20)38-40-26-16-30(50(46,47)48)22-6-4-8-28(42)32(22)34(26)36/h3-16,41-42H,35-36H2,1-2H3,(H,43,44,45)(H,46,47,48)/b39-37+,40-38+. The van der Waals surface area contributed by atoms with E-state index < -0.39 is 30.0 Å². The van der Waals surface area contributed by atoms with E-state index in [-0.39, 0.29) is 55.8 Å². The van der Waals surface area contributed by atoms with Crippen molar-refractivity contribution < 1.29 is 36.2 Å². The molecule has 0 spiro atoms. The predicted octanol–water partition coefficient (Wildman–Crippen LogP) is 8.18. The topological polar surface area (TPSA) is 251 Å². The summed E-state index contributed by atoms with van der Waals surface area (Å²) in [6.45, 7) is 3.61. The maximum atomic E-state index is 12.1. The minimum Gasteiger partial charge on any atom is -0.507 e. The molecule has 6 aromatic rings. The van der Waals surface area contributed by atoms with Crippen LogP contribution in [0, 0.1) is 13.8 Å². The van der Waals surface area contributed by atoms with Crippen molar-refractivity contribution >= 4 is 75.9 Å². The first-order valence-electron chi connectivity index (χ1n) is 14.6. The number of aryl methyl sites for hydroxylation is 2. The minimum absolute atomic E-state index is 0.0171. The largest absolute Gasteiger partial charge is 0.507 e. The summed E-state index contributed by atoms with van der Waals surface area (Å²) in [4.78, 5) is -0.945. The lowest BCUT2D eigenvalue weighted by atomic mass is 10.0. The van der Waals surface area contributed by atoms with Gasteiger partial charge in [0.1, 0.15) is 32.7 Å². The maximum Gasteiger partial charge on any atom is 0.295 e. The van der Waals surface area contributed by atoms with Crippen LogP contribution in [0.15, 0.2) is 115 Å². The number of phenolic OH excluding ortho intramolecular Hbond substituents is 2. The van der Waals surface area contributed by atoms with Gasteiger partial charge in [-0.05, 0) is 84.6 Å². The first kappa shape index (κ1) is 33.9. The van der Waals surface area contributed by atoms with Crippen molar-refractivity contribution in [2.24, 2.45) is 20.5 Å². The average molecular weight is 713 g/mol. The minimum atomic E-state index is -4.68. The Balaban J connectivity index is 1.30. The first-order valence-corrected chi connectivity index (χ1v) is 17.5. The van der Waals surface area contributed by atoms with Crippen LogP contribution in [0.3, 0.4) is 0 Å². The molecule has 0 unspecified atom stereocenters. The fourth-order valence-corrected chi connectivity index (χ4v) is 6.99. The molecule has 6 rings (SSSR count). The Morgan fingerprint density at radius 2 is 0.880 bits per heavy atom. The molecule has 0 aliphatic rings. The SMILES string of the molecule is Cc1cc(-c2ccc(/N=N/c3cc(S(=O)(=O)O)c4cccc(O)c4c3N)c(C)c2)ccc1/N=N/c1cc(S(=O)(=O)O)c2cccc(O)c2c1N. The average Bonchev–Trinajstić information content (AvgIpc) is 3.04. The summed E-state index contributed by atoms with van der Waals surface area (Å²) in [5.41, 5.74) is 16.3. The molecule has 8 N–H and O–H groups in total. The van der Waals surface area contributed by atoms with Gasteiger partial charge < -0.3 is 21.7 Å². The summed E-state index contributed by atoms with van der Waals surface area (Å²) >= 11 is 0. The molecule has 0 fully saturated rings. The molecule has 0 saturated carbocycles. The summed E-state index contributed by atoms with van der Waals surface area (Å²) in [5, 5.41) is 37.6. The maximum absolute atomic E-state index is 12.1. The number of phenols is 2. The molecule has 0 heterocycles. The van der Waals surface area contributed by atoms with Crippen molar-refractivity contribution in [2.45, 2.75) is 23.6 Å². The smallest absolute Gasteiger partial charge is 0.295 e. The number of rotatable bonds is 7. The monoisotopic (exact) mass is 712 g/mol. The third-order valence-corrected chi connectivity index (χ3v) is 9.84. The Kier molecular flexibility index (Phi) is 8.49. The molecular weight excluding hydrogens is 685 g/mol. The molecule has 0 radical (unpaired) electrons. The van der Waals surface area contributed by atoms with E-state index in [1.807, 2.05) is 12.1 Å². The Morgan fingerprint density at radius 1 is 0.520 bits per heavy atom. The van der Waals surface area contributed by atoms with Gasteiger partial charge in [0.2, 0.25) is 0 Å². The van der Waals surface area contributed by atoms with Gasteiger partial charge in [-0.15, -0.1) is 10.2 Å². The van der Waals surface area contributed by atoms with Gasteiger partial charge in [0.05, 0.1) is 33.5 Å². The molecule has 50 heavy (non-hydrogen) atoms. The van der Waals surface area contributed by atoms with Crippen LogP contribution in [0.1, 0.15) is 11.1 Å². The summed E-state index contributed by atoms with van der Waals surface area (Å²) in [6, 6.07) is 21.3. The zero-order valence-electron chi connectivity index (χ0n) is 26.3. The lowest BCUT2D eigenvalue weighted by molar-refractivity contribution is 0.479. The second kappa shape index (κ2) is 12.5. The zero-order chi connectivity index (χ0) is 36.1. The van der Waals surface area contributed by atoms with Gasteiger partial charge in [0.25, 0.3) is 20.2 Å². The Hall–Kier alpha value is -5.94. The lowest BCUT2D eigenvalue weighted by Crippen LogP contribution is -2.01. The van der Waals surface area contributed by atoms with Gasteiger partial charge in [0.15, 0.2) is 0 Å². The van der Waals surface area contributed by atoms with Crippen LogP contribution in [0.4, 0.5) is 34.1 Å². The summed E-state index contributed by atoms with van der Waals surface area (Å²) in [5.74, 6) is -0.565. The van der Waals surface area contributed by atoms with E-state index in [1.54, 1.807) is 38.1 Å². The van der Waals surface area contributed by atoms with Crippen molar-refractivity contribution in [3.05, 3.63) is 96.1 Å². The van der Waals surface area contributed by atoms with Crippen LogP contribution in [0.2, 0.25) is 0 Å². The van der Waals surface area contributed by atoms with Crippen molar-refractivity contribution in [3.63, 3.8) is 0 Å². The van der Waals surface area contributed by atoms with Crippen LogP contribution >= 0.6 is 0 Å². The fraction of sp³-hybridized carbons (Fsp3) is 0.0588. The van der Waals surface area contributed by atoms with Gasteiger partial charge in [-0.1, -0.05) is 36.4 Å². The molecule has 0 aliphatic heterocycles. The van der Waals surface area contributed by atoms with Crippen LogP contribution in [0.25, 0.3) is 32.7 Å². The molecular formula is C34H28N6O8S2. The number of aromatic hydroxyl groups is 2. The molecule has 0 atom stereocenters. The summed E-state index contributed by atoms with van der Waals surface area (Å²) in [7, 11) is -9.37. The highest BCUT2D eigenvalue weighted by atomic mass is 32.2. The van der Waals surface area contributed by atoms with Gasteiger partial charge in [-0.3, -0.25) is 9.11 Å². The zero-order valence-corrected chi connectivity index (χ0v) is 27.9. The molecule has 0 aromatic heterocycles. The first-order chi connectivity index (χ1) is 23.5. The highest BCUT2D eigenvalue weighted by Crippen LogP contribution is 2.43. The highest BCUT2D eigenvalue weighted by Gasteiger charge is 2.22. The van der Waals surface area contributed by atoms with Crippen LogP contribution in [-0.4, -0.2) is 36.2 Å². The summed E-state index contributed by atoms with van der Waals surface area (Å²) < 4.78 is 68.0. The van der Waals surface area contributed by atoms with E-state index in [4.69, 9.17) is 11.5 Å². The van der Waals surface area contributed by atoms with Crippen molar-refractivity contribution in [3.8, 4) is 22.6 Å². The molecule has 254 valence electrons. The van der Waals surface area contributed by atoms with Crippen molar-refractivity contribution in [1.29, 1.82) is 0 Å². The van der Waals surface area contributed by atoms with E-state index in [9.17, 15) is 36.2 Å². The molecule has 0 saturated heterocycles. The van der Waals surface area contributed by atoms with Crippen LogP contribution < -0.4 is 11.5 Å². The molecule has 0 bridgehead atoms. The van der Waals surface area contributed by atoms with Gasteiger partial charge in [-0.25, -0.2) is 0 Å². The van der Waals surface area contributed by atoms with Gasteiger partial charge in [-0.2, -0.15) is 27.1 Å². The predicted molar refractivity (Wildman–Crippen MR) is 189 cm³/mol. The Morgan fingerprint density at radius 3 is 1.22 bits per heavy atom. The number of nitrogen functional groups attached to an aromatic ring is 2. The molecule has 6 aromatic carbocycles. The lowest BCUT2D eigenvalue weighted by Gasteiger charge is -2.11. The van der Waals surface area contributed by atoms with Crippen molar-refractivity contribution in [1.82, 2.24) is 0 Å². The number of hydrogen-bond donors (Lipinski definition) is 6. The van der Waals surface area contributed by atoms with Gasteiger partial charge in [0, 0.05) is 10.8 Å². The van der Waals surface area contributed by atoms with E-state index in [0.717, 1.165) is 34.4 Å². The normalized spacial score (nSPS) is 12.5. The fourth-order valence-electron chi connectivity index (χ4n) is 5.57. The molecule has 14 nitrogen and oxygen atoms in total. The molecule has 16 heteroatoms. The Bertz CT molecular complexity index is 2490. The molecule has 0 amide bonds. The van der Waals surface area contributed by atoms with E-state index >= 15 is 0 Å². The molecule has 0 aliphatic carbocycles. The number of fused-ring (bicyclic) bond motifs is 2. The van der Waals surface area contributed by atoms with E-state index in [2.05, 4.69) is 20.5 Å². The third-order valence-electron chi connectivity index (χ3n) is 8.06. The van der Waals surface area contributed by atoms with Gasteiger partial charge >= 0.3 is 0 Å².